The Morgan fingerprint density at radius 1 is 1.22 bits per heavy atom. The van der Waals surface area contributed by atoms with Gasteiger partial charge < -0.3 is 20.3 Å². The fourth-order valence-electron chi connectivity index (χ4n) is 2.91. The molecular weight excluding hydrogens is 294 g/mol. The van der Waals surface area contributed by atoms with Crippen LogP contribution in [0.3, 0.4) is 0 Å². The summed E-state index contributed by atoms with van der Waals surface area (Å²) >= 11 is 0. The Morgan fingerprint density at radius 3 is 2.74 bits per heavy atom. The molecule has 1 saturated heterocycles. The molecule has 0 unspecified atom stereocenters. The minimum Gasteiger partial charge on any atom is -0.495 e. The molecule has 6 nitrogen and oxygen atoms in total. The zero-order valence-corrected chi connectivity index (χ0v) is 13.4. The van der Waals surface area contributed by atoms with Gasteiger partial charge in [0.2, 0.25) is 0 Å². The largest absolute Gasteiger partial charge is 0.495 e. The van der Waals surface area contributed by atoms with Gasteiger partial charge in [0.15, 0.2) is 0 Å². The summed E-state index contributed by atoms with van der Waals surface area (Å²) < 4.78 is 5.40. The Hall–Kier alpha value is -2.24. The first-order valence-electron chi connectivity index (χ1n) is 8.14. The van der Waals surface area contributed by atoms with Gasteiger partial charge in [0.1, 0.15) is 5.75 Å². The fourth-order valence-corrected chi connectivity index (χ4v) is 2.91. The van der Waals surface area contributed by atoms with Crippen molar-refractivity contribution in [2.45, 2.75) is 25.3 Å². The van der Waals surface area contributed by atoms with Crippen molar-refractivity contribution in [1.29, 1.82) is 0 Å². The van der Waals surface area contributed by atoms with Crippen LogP contribution in [0.5, 0.6) is 5.75 Å². The summed E-state index contributed by atoms with van der Waals surface area (Å²) in [5, 5.41) is 5.45. The molecule has 2 aliphatic rings. The molecule has 2 fully saturated rings. The molecule has 1 aliphatic carbocycles. The summed E-state index contributed by atoms with van der Waals surface area (Å²) in [6.07, 6.45) is 2.95. The lowest BCUT2D eigenvalue weighted by atomic mass is 10.1. The predicted octanol–water partition coefficient (Wildman–Crippen LogP) is 0.916. The van der Waals surface area contributed by atoms with Gasteiger partial charge in [0, 0.05) is 25.7 Å². The number of benzene rings is 1. The molecule has 2 N–H and O–H groups in total. The number of nitrogens with zero attached hydrogens (tertiary/aromatic N) is 1. The SMILES string of the molecule is COc1ccccc1N1CC[C@H](CNC(=O)C(=O)NC2CC2)C1. The van der Waals surface area contributed by atoms with Crippen LogP contribution in [0.1, 0.15) is 19.3 Å². The van der Waals surface area contributed by atoms with Crippen LogP contribution in [-0.4, -0.2) is 44.6 Å². The average molecular weight is 317 g/mol. The van der Waals surface area contributed by atoms with Crippen molar-refractivity contribution in [3.63, 3.8) is 0 Å². The number of para-hydroxylation sites is 2. The van der Waals surface area contributed by atoms with Crippen LogP contribution in [0, 0.1) is 5.92 Å². The van der Waals surface area contributed by atoms with E-state index in [4.69, 9.17) is 4.74 Å². The van der Waals surface area contributed by atoms with Crippen LogP contribution in [0.4, 0.5) is 5.69 Å². The number of anilines is 1. The molecule has 6 heteroatoms. The number of hydrogen-bond donors (Lipinski definition) is 2. The highest BCUT2D eigenvalue weighted by molar-refractivity contribution is 6.35. The van der Waals surface area contributed by atoms with Crippen LogP contribution in [0.2, 0.25) is 0 Å². The quantitative estimate of drug-likeness (QED) is 0.792. The van der Waals surface area contributed by atoms with E-state index in [2.05, 4.69) is 15.5 Å². The summed E-state index contributed by atoms with van der Waals surface area (Å²) in [5.74, 6) is 0.179. The second-order valence-corrected chi connectivity index (χ2v) is 6.23. The summed E-state index contributed by atoms with van der Waals surface area (Å²) in [6, 6.07) is 8.15. The van der Waals surface area contributed by atoms with E-state index in [0.29, 0.717) is 12.5 Å². The van der Waals surface area contributed by atoms with Crippen molar-refractivity contribution in [1.82, 2.24) is 10.6 Å². The van der Waals surface area contributed by atoms with E-state index >= 15 is 0 Å². The zero-order chi connectivity index (χ0) is 16.2. The van der Waals surface area contributed by atoms with Crippen LogP contribution in [-0.2, 0) is 9.59 Å². The zero-order valence-electron chi connectivity index (χ0n) is 13.4. The van der Waals surface area contributed by atoms with Crippen LogP contribution >= 0.6 is 0 Å². The number of rotatable bonds is 5. The summed E-state index contributed by atoms with van der Waals surface area (Å²) in [4.78, 5) is 25.6. The number of carbonyl (C=O) groups is 2. The van der Waals surface area contributed by atoms with E-state index in [1.807, 2.05) is 24.3 Å². The summed E-state index contributed by atoms with van der Waals surface area (Å²) in [5.41, 5.74) is 1.08. The number of methoxy groups -OCH3 is 1. The Balaban J connectivity index is 1.48. The van der Waals surface area contributed by atoms with Gasteiger partial charge in [0.05, 0.1) is 12.8 Å². The normalized spacial score (nSPS) is 20.2. The monoisotopic (exact) mass is 317 g/mol. The third-order valence-electron chi connectivity index (χ3n) is 4.38. The molecule has 2 amide bonds. The fraction of sp³-hybridized carbons (Fsp3) is 0.529. The van der Waals surface area contributed by atoms with Gasteiger partial charge in [-0.15, -0.1) is 0 Å². The highest BCUT2D eigenvalue weighted by Gasteiger charge is 2.28. The molecular formula is C17H23N3O3. The second kappa shape index (κ2) is 6.89. The molecule has 0 radical (unpaired) electrons. The third kappa shape index (κ3) is 3.94. The predicted molar refractivity (Wildman–Crippen MR) is 87.5 cm³/mol. The summed E-state index contributed by atoms with van der Waals surface area (Å²) in [7, 11) is 1.67. The average Bonchev–Trinajstić information content (AvgIpc) is 3.26. The van der Waals surface area contributed by atoms with Crippen LogP contribution in [0.25, 0.3) is 0 Å². The maximum Gasteiger partial charge on any atom is 0.309 e. The number of hydrogen-bond acceptors (Lipinski definition) is 4. The minimum atomic E-state index is -0.521. The van der Waals surface area contributed by atoms with Gasteiger partial charge in [-0.25, -0.2) is 0 Å². The maximum atomic E-state index is 11.8. The molecule has 1 atom stereocenters. The van der Waals surface area contributed by atoms with Crippen molar-refractivity contribution in [3.05, 3.63) is 24.3 Å². The van der Waals surface area contributed by atoms with Crippen molar-refractivity contribution in [3.8, 4) is 5.75 Å². The standard InChI is InChI=1S/C17H23N3O3/c1-23-15-5-3-2-4-14(15)20-9-8-12(11-20)10-18-16(21)17(22)19-13-6-7-13/h2-5,12-13H,6-11H2,1H3,(H,18,21)(H,19,22)/t12-/m1/s1. The molecule has 124 valence electrons. The van der Waals surface area contributed by atoms with Crippen molar-refractivity contribution in [2.75, 3.05) is 31.6 Å². The molecule has 23 heavy (non-hydrogen) atoms. The van der Waals surface area contributed by atoms with Crippen molar-refractivity contribution < 1.29 is 14.3 Å². The number of amides is 2. The van der Waals surface area contributed by atoms with E-state index < -0.39 is 11.8 Å². The van der Waals surface area contributed by atoms with Gasteiger partial charge in [0.25, 0.3) is 0 Å². The Bertz CT molecular complexity index is 586. The Kier molecular flexibility index (Phi) is 4.69. The number of carbonyl (C=O) groups excluding carboxylic acids is 2. The van der Waals surface area contributed by atoms with Crippen LogP contribution in [0.15, 0.2) is 24.3 Å². The molecule has 0 bridgehead atoms. The van der Waals surface area contributed by atoms with E-state index in [-0.39, 0.29) is 6.04 Å². The van der Waals surface area contributed by atoms with Gasteiger partial charge in [-0.2, -0.15) is 0 Å². The highest BCUT2D eigenvalue weighted by atomic mass is 16.5. The smallest absolute Gasteiger partial charge is 0.309 e. The van der Waals surface area contributed by atoms with E-state index in [0.717, 1.165) is 43.8 Å². The first-order chi connectivity index (χ1) is 11.2. The topological polar surface area (TPSA) is 70.7 Å². The number of nitrogens with one attached hydrogen (secondary N) is 2. The molecule has 1 aromatic carbocycles. The van der Waals surface area contributed by atoms with Gasteiger partial charge in [-0.3, -0.25) is 9.59 Å². The third-order valence-corrected chi connectivity index (χ3v) is 4.38. The Labute approximate surface area is 136 Å². The van der Waals surface area contributed by atoms with Gasteiger partial charge in [-0.05, 0) is 37.3 Å². The molecule has 3 rings (SSSR count). The lowest BCUT2D eigenvalue weighted by molar-refractivity contribution is -0.139. The minimum absolute atomic E-state index is 0.209. The van der Waals surface area contributed by atoms with Gasteiger partial charge >= 0.3 is 11.8 Å². The van der Waals surface area contributed by atoms with Gasteiger partial charge in [-0.1, -0.05) is 12.1 Å². The van der Waals surface area contributed by atoms with Crippen molar-refractivity contribution in [2.24, 2.45) is 5.92 Å². The molecule has 1 aliphatic heterocycles. The van der Waals surface area contributed by atoms with E-state index in [9.17, 15) is 9.59 Å². The lowest BCUT2D eigenvalue weighted by Crippen LogP contribution is -2.42. The van der Waals surface area contributed by atoms with Crippen LogP contribution < -0.4 is 20.3 Å². The van der Waals surface area contributed by atoms with E-state index in [1.54, 1.807) is 7.11 Å². The number of ether oxygens (including phenoxy) is 1. The first-order valence-corrected chi connectivity index (χ1v) is 8.14. The molecule has 1 aromatic rings. The second-order valence-electron chi connectivity index (χ2n) is 6.23. The molecule has 0 aromatic heterocycles. The molecule has 1 heterocycles. The summed E-state index contributed by atoms with van der Waals surface area (Å²) in [6.45, 7) is 2.31. The lowest BCUT2D eigenvalue weighted by Gasteiger charge is -2.21. The van der Waals surface area contributed by atoms with E-state index in [1.165, 1.54) is 0 Å². The maximum absolute atomic E-state index is 11.8. The molecule has 1 saturated carbocycles. The molecule has 0 spiro atoms. The first kappa shape index (κ1) is 15.6. The highest BCUT2D eigenvalue weighted by Crippen LogP contribution is 2.31. The Morgan fingerprint density at radius 2 is 2.00 bits per heavy atom. The van der Waals surface area contributed by atoms with Crippen molar-refractivity contribution >= 4 is 17.5 Å².